The average Bonchev–Trinajstić information content (AvgIpc) is 0.811. The molecule has 4 nitrogen and oxygen atoms in total. The standard InChI is InChI=1S/CH2O3.O.Ti/c2-1(3)4;;/h(H2,2,3,4);;/q;-2;+4/p-2. The van der Waals surface area contributed by atoms with E-state index < -0.39 is 6.16 Å². The molecular weight excluding hydrogens is 124 g/mol. The van der Waals surface area contributed by atoms with Crippen molar-refractivity contribution in [2.75, 3.05) is 0 Å². The van der Waals surface area contributed by atoms with Crippen LogP contribution in [0.5, 0.6) is 0 Å². The van der Waals surface area contributed by atoms with E-state index in [1.807, 2.05) is 0 Å². The van der Waals surface area contributed by atoms with Gasteiger partial charge in [-0.3, -0.25) is 0 Å². The molecule has 0 fully saturated rings. The van der Waals surface area contributed by atoms with E-state index in [1.165, 1.54) is 0 Å². The second-order valence-corrected chi connectivity index (χ2v) is 0.250. The molecule has 0 atom stereocenters. The van der Waals surface area contributed by atoms with Crippen LogP contribution < -0.4 is 10.2 Å². The first-order chi connectivity index (χ1) is 1.73. The molecule has 0 aliphatic rings. The van der Waals surface area contributed by atoms with Gasteiger partial charge in [-0.05, 0) is 6.16 Å². The summed E-state index contributed by atoms with van der Waals surface area (Å²) in [5.74, 6) is 0. The molecule has 0 saturated heterocycles. The van der Waals surface area contributed by atoms with Gasteiger partial charge in [0.05, 0.1) is 0 Å². The van der Waals surface area contributed by atoms with Crippen LogP contribution in [0.4, 0.5) is 4.79 Å². The Hall–Kier alpha value is -0.0557. The molecule has 0 spiro atoms. The van der Waals surface area contributed by atoms with Crippen molar-refractivity contribution in [3.05, 3.63) is 0 Å². The maximum Gasteiger partial charge on any atom is 4.00 e. The van der Waals surface area contributed by atoms with E-state index in [-0.39, 0.29) is 27.2 Å². The Balaban J connectivity index is -0.0000000450. The van der Waals surface area contributed by atoms with Crippen molar-refractivity contribution in [3.8, 4) is 0 Å². The van der Waals surface area contributed by atoms with Crippen molar-refractivity contribution in [1.29, 1.82) is 0 Å². The van der Waals surface area contributed by atoms with E-state index in [0.29, 0.717) is 0 Å². The van der Waals surface area contributed by atoms with Gasteiger partial charge in [0, 0.05) is 0 Å². The minimum Gasteiger partial charge on any atom is -2.00 e. The van der Waals surface area contributed by atoms with Gasteiger partial charge in [-0.25, -0.2) is 0 Å². The molecule has 0 saturated carbocycles. The summed E-state index contributed by atoms with van der Waals surface area (Å²) in [6.07, 6.45) is -2.33. The van der Waals surface area contributed by atoms with Gasteiger partial charge < -0.3 is 20.5 Å². The van der Waals surface area contributed by atoms with E-state index in [4.69, 9.17) is 15.0 Å². The molecular formula is CO4Ti. The number of rotatable bonds is 0. The molecule has 0 aliphatic heterocycles. The largest absolute Gasteiger partial charge is 4.00 e. The van der Waals surface area contributed by atoms with Crippen molar-refractivity contribution >= 4 is 6.16 Å². The van der Waals surface area contributed by atoms with E-state index >= 15 is 0 Å². The van der Waals surface area contributed by atoms with Crippen LogP contribution in [-0.2, 0) is 27.2 Å². The smallest absolute Gasteiger partial charge is 2.00 e. The number of carbonyl (C=O) groups excluding carboxylic acids is 1. The van der Waals surface area contributed by atoms with Gasteiger partial charge in [-0.2, -0.15) is 0 Å². The minimum atomic E-state index is -2.33. The van der Waals surface area contributed by atoms with Crippen LogP contribution >= 0.6 is 0 Å². The van der Waals surface area contributed by atoms with Crippen LogP contribution in [0, 0.1) is 0 Å². The molecule has 0 aromatic carbocycles. The Morgan fingerprint density at radius 1 is 1.33 bits per heavy atom. The topological polar surface area (TPSA) is 91.7 Å². The summed E-state index contributed by atoms with van der Waals surface area (Å²) in [7, 11) is 0. The third-order valence-corrected chi connectivity index (χ3v) is 0. The van der Waals surface area contributed by atoms with Crippen LogP contribution in [-0.4, -0.2) is 6.16 Å². The molecule has 0 radical (unpaired) electrons. The molecule has 0 heterocycles. The predicted molar refractivity (Wildman–Crippen MR) is 6.08 cm³/mol. The van der Waals surface area contributed by atoms with Crippen molar-refractivity contribution in [2.45, 2.75) is 0 Å². The molecule has 0 aliphatic carbocycles. The molecule has 0 aromatic heterocycles. The molecule has 0 bridgehead atoms. The number of hydrogen-bond donors (Lipinski definition) is 0. The van der Waals surface area contributed by atoms with Crippen LogP contribution in [0.25, 0.3) is 0 Å². The Morgan fingerprint density at radius 3 is 1.33 bits per heavy atom. The summed E-state index contributed by atoms with van der Waals surface area (Å²) in [5.41, 5.74) is 0. The van der Waals surface area contributed by atoms with Crippen LogP contribution in [0.1, 0.15) is 0 Å². The monoisotopic (exact) mass is 124 g/mol. The summed E-state index contributed by atoms with van der Waals surface area (Å²) < 4.78 is 0. The first kappa shape index (κ1) is 16.8. The second-order valence-electron chi connectivity index (χ2n) is 0.250. The first-order valence-corrected chi connectivity index (χ1v) is 0.612. The van der Waals surface area contributed by atoms with E-state index in [9.17, 15) is 0 Å². The van der Waals surface area contributed by atoms with E-state index in [2.05, 4.69) is 0 Å². The van der Waals surface area contributed by atoms with Crippen molar-refractivity contribution in [1.82, 2.24) is 0 Å². The fraction of sp³-hybridized carbons (Fsp3) is 0. The van der Waals surface area contributed by atoms with Crippen LogP contribution in [0.15, 0.2) is 0 Å². The Bertz CT molecular complexity index is 30.5. The van der Waals surface area contributed by atoms with Crippen molar-refractivity contribution < 1.29 is 42.2 Å². The summed E-state index contributed by atoms with van der Waals surface area (Å²) in [5, 5.41) is 16.7. The van der Waals surface area contributed by atoms with Gasteiger partial charge in [0.2, 0.25) is 0 Å². The fourth-order valence-electron chi connectivity index (χ4n) is 0. The first-order valence-electron chi connectivity index (χ1n) is 0.612. The molecule has 0 N–H and O–H groups in total. The van der Waals surface area contributed by atoms with Gasteiger partial charge in [-0.15, -0.1) is 0 Å². The Morgan fingerprint density at radius 2 is 1.33 bits per heavy atom. The quantitative estimate of drug-likeness (QED) is 0.332. The molecule has 32 valence electrons. The van der Waals surface area contributed by atoms with Gasteiger partial charge in [0.1, 0.15) is 0 Å². The van der Waals surface area contributed by atoms with Gasteiger partial charge >= 0.3 is 21.7 Å². The molecule has 6 heavy (non-hydrogen) atoms. The van der Waals surface area contributed by atoms with Gasteiger partial charge in [-0.1, -0.05) is 0 Å². The number of carboxylic acid groups (broad SMARTS) is 2. The second kappa shape index (κ2) is 8.87. The van der Waals surface area contributed by atoms with Gasteiger partial charge in [0.25, 0.3) is 0 Å². The van der Waals surface area contributed by atoms with Crippen LogP contribution in [0.2, 0.25) is 0 Å². The number of hydrogen-bond acceptors (Lipinski definition) is 3. The van der Waals surface area contributed by atoms with E-state index in [1.54, 1.807) is 0 Å². The summed E-state index contributed by atoms with van der Waals surface area (Å²) in [4.78, 5) is 8.33. The third-order valence-electron chi connectivity index (χ3n) is 0. The van der Waals surface area contributed by atoms with Crippen LogP contribution in [0.3, 0.4) is 0 Å². The normalized spacial score (nSPS) is 4.00. The zero-order valence-electron chi connectivity index (χ0n) is 2.63. The summed E-state index contributed by atoms with van der Waals surface area (Å²) in [6, 6.07) is 0. The molecule has 0 unspecified atom stereocenters. The zero-order chi connectivity index (χ0) is 3.58. The molecule has 0 aromatic rings. The summed E-state index contributed by atoms with van der Waals surface area (Å²) in [6.45, 7) is 0. The number of carbonyl (C=O) groups is 1. The van der Waals surface area contributed by atoms with Crippen molar-refractivity contribution in [2.24, 2.45) is 0 Å². The minimum absolute atomic E-state index is 0. The van der Waals surface area contributed by atoms with Crippen molar-refractivity contribution in [3.63, 3.8) is 0 Å². The Labute approximate surface area is 49.0 Å². The fourth-order valence-corrected chi connectivity index (χ4v) is 0. The predicted octanol–water partition coefficient (Wildman–Crippen LogP) is -2.57. The van der Waals surface area contributed by atoms with Gasteiger partial charge in [0.15, 0.2) is 0 Å². The maximum absolute atomic E-state index is 8.33. The molecule has 0 rings (SSSR count). The van der Waals surface area contributed by atoms with E-state index in [0.717, 1.165) is 0 Å². The summed E-state index contributed by atoms with van der Waals surface area (Å²) >= 11 is 0. The zero-order valence-corrected chi connectivity index (χ0v) is 4.19. The third kappa shape index (κ3) is 11000. The molecule has 5 heteroatoms. The maximum atomic E-state index is 8.33. The SMILES string of the molecule is O=C([O-])[O-].[O-2].[Ti+4]. The molecule has 0 amide bonds. The Kier molecular flexibility index (Phi) is 24.8. The average molecular weight is 124 g/mol.